The van der Waals surface area contributed by atoms with Crippen molar-refractivity contribution in [2.75, 3.05) is 16.8 Å². The van der Waals surface area contributed by atoms with Crippen molar-refractivity contribution in [1.82, 2.24) is 15.1 Å². The molecule has 2 N–H and O–H groups in total. The summed E-state index contributed by atoms with van der Waals surface area (Å²) in [6.07, 6.45) is 8.34. The number of nitrogens with zero attached hydrogens (tertiary/aromatic N) is 4. The fourth-order valence-corrected chi connectivity index (χ4v) is 4.46. The molecule has 1 unspecified atom stereocenters. The molecule has 4 rings (SSSR count). The van der Waals surface area contributed by atoms with Gasteiger partial charge in [-0.05, 0) is 55.5 Å². The summed E-state index contributed by atoms with van der Waals surface area (Å²) in [7, 11) is 1.94. The number of aromatic nitrogens is 2. The van der Waals surface area contributed by atoms with Gasteiger partial charge in [0.15, 0.2) is 5.96 Å². The predicted molar refractivity (Wildman–Crippen MR) is 143 cm³/mol. The van der Waals surface area contributed by atoms with Crippen molar-refractivity contribution in [3.8, 4) is 11.1 Å². The number of para-hydroxylation sites is 1. The molecule has 178 valence electrons. The Morgan fingerprint density at radius 2 is 1.94 bits per heavy atom. The summed E-state index contributed by atoms with van der Waals surface area (Å²) in [5.74, 6) is 0.889. The number of hydrogen-bond acceptors (Lipinski definition) is 5. The van der Waals surface area contributed by atoms with Gasteiger partial charge in [0.25, 0.3) is 0 Å². The predicted octanol–water partition coefficient (Wildman–Crippen LogP) is 5.95. The Bertz CT molecular complexity index is 1130. The molecule has 0 saturated heterocycles. The van der Waals surface area contributed by atoms with E-state index in [4.69, 9.17) is 4.99 Å². The third kappa shape index (κ3) is 5.87. The molecule has 0 spiro atoms. The number of benzene rings is 2. The standard InChI is InChI=1S/C28H36N6/c1-5-9-25(31-28-29-18-23-10-6-7-12-27(23)32-28)11-8-17-34(21(2)3)26-15-13-22(14-16-26)24-19-30-33(4)20-24/h6-7,10,12-16,19-20,25H,2,5,8-9,11,17-18H2,1,3-4H3,(H2,29,31,32). The molecule has 6 heteroatoms. The topological polar surface area (TPSA) is 57.5 Å². The summed E-state index contributed by atoms with van der Waals surface area (Å²) < 4.78 is 1.83. The van der Waals surface area contributed by atoms with Crippen LogP contribution in [0.25, 0.3) is 11.1 Å². The van der Waals surface area contributed by atoms with Crippen LogP contribution in [0, 0.1) is 0 Å². The lowest BCUT2D eigenvalue weighted by Crippen LogP contribution is -2.41. The molecule has 2 aromatic carbocycles. The number of rotatable bonds is 10. The van der Waals surface area contributed by atoms with E-state index in [0.29, 0.717) is 6.04 Å². The SMILES string of the molecule is C=C(C)N(CCCC(CCC)NC1=NCc2ccccc2N1)c1ccc(-c2cnn(C)c2)cc1. The summed E-state index contributed by atoms with van der Waals surface area (Å²) in [4.78, 5) is 7.02. The van der Waals surface area contributed by atoms with Gasteiger partial charge in [-0.2, -0.15) is 5.10 Å². The zero-order valence-corrected chi connectivity index (χ0v) is 20.6. The second kappa shape index (κ2) is 11.1. The van der Waals surface area contributed by atoms with Crippen LogP contribution in [-0.4, -0.2) is 28.3 Å². The molecule has 0 aliphatic carbocycles. The molecule has 0 fully saturated rings. The van der Waals surface area contributed by atoms with E-state index in [0.717, 1.165) is 61.7 Å². The maximum atomic E-state index is 4.71. The maximum Gasteiger partial charge on any atom is 0.196 e. The van der Waals surface area contributed by atoms with Crippen molar-refractivity contribution in [1.29, 1.82) is 0 Å². The Labute approximate surface area is 203 Å². The average molecular weight is 457 g/mol. The van der Waals surface area contributed by atoms with E-state index in [1.54, 1.807) is 0 Å². The largest absolute Gasteiger partial charge is 0.353 e. The average Bonchev–Trinajstić information content (AvgIpc) is 3.28. The second-order valence-corrected chi connectivity index (χ2v) is 9.06. The molecule has 0 bridgehead atoms. The zero-order valence-electron chi connectivity index (χ0n) is 20.6. The van der Waals surface area contributed by atoms with Crippen LogP contribution < -0.4 is 15.5 Å². The third-order valence-electron chi connectivity index (χ3n) is 6.27. The van der Waals surface area contributed by atoms with Gasteiger partial charge in [-0.25, -0.2) is 4.99 Å². The van der Waals surface area contributed by atoms with Crippen LogP contribution in [0.5, 0.6) is 0 Å². The van der Waals surface area contributed by atoms with Crippen LogP contribution in [-0.2, 0) is 13.6 Å². The number of anilines is 2. The Balaban J connectivity index is 1.34. The Morgan fingerprint density at radius 3 is 2.65 bits per heavy atom. The Kier molecular flexibility index (Phi) is 7.68. The van der Waals surface area contributed by atoms with Crippen LogP contribution in [0.4, 0.5) is 11.4 Å². The van der Waals surface area contributed by atoms with Crippen molar-refractivity contribution >= 4 is 17.3 Å². The molecule has 3 aromatic rings. The molecular formula is C28H36N6. The lowest BCUT2D eigenvalue weighted by molar-refractivity contribution is 0.497. The van der Waals surface area contributed by atoms with E-state index >= 15 is 0 Å². The van der Waals surface area contributed by atoms with Crippen molar-refractivity contribution in [3.63, 3.8) is 0 Å². The highest BCUT2D eigenvalue weighted by Crippen LogP contribution is 2.25. The van der Waals surface area contributed by atoms with Crippen molar-refractivity contribution in [2.45, 2.75) is 52.1 Å². The van der Waals surface area contributed by atoms with E-state index in [1.807, 2.05) is 24.1 Å². The molecule has 0 radical (unpaired) electrons. The molecule has 34 heavy (non-hydrogen) atoms. The summed E-state index contributed by atoms with van der Waals surface area (Å²) in [6, 6.07) is 17.4. The molecule has 6 nitrogen and oxygen atoms in total. The Morgan fingerprint density at radius 1 is 1.15 bits per heavy atom. The van der Waals surface area contributed by atoms with Crippen LogP contribution in [0.1, 0.15) is 45.1 Å². The molecule has 0 amide bonds. The molecule has 2 heterocycles. The number of guanidine groups is 1. The zero-order chi connectivity index (χ0) is 23.9. The van der Waals surface area contributed by atoms with E-state index in [9.17, 15) is 0 Å². The second-order valence-electron chi connectivity index (χ2n) is 9.06. The van der Waals surface area contributed by atoms with E-state index in [1.165, 1.54) is 16.8 Å². The first-order chi connectivity index (χ1) is 16.5. The highest BCUT2D eigenvalue weighted by molar-refractivity contribution is 5.95. The smallest absolute Gasteiger partial charge is 0.196 e. The minimum absolute atomic E-state index is 0.390. The fraction of sp³-hybridized carbons (Fsp3) is 0.357. The van der Waals surface area contributed by atoms with Gasteiger partial charge in [-0.3, -0.25) is 4.68 Å². The van der Waals surface area contributed by atoms with Crippen molar-refractivity contribution in [2.24, 2.45) is 12.0 Å². The summed E-state index contributed by atoms with van der Waals surface area (Å²) in [5, 5.41) is 11.4. The lowest BCUT2D eigenvalue weighted by Gasteiger charge is -2.28. The van der Waals surface area contributed by atoms with Crippen molar-refractivity contribution < 1.29 is 0 Å². The quantitative estimate of drug-likeness (QED) is 0.396. The lowest BCUT2D eigenvalue weighted by atomic mass is 10.1. The van der Waals surface area contributed by atoms with Crippen LogP contribution in [0.3, 0.4) is 0 Å². The Hall–Kier alpha value is -3.54. The first-order valence-electron chi connectivity index (χ1n) is 12.2. The molecule has 1 atom stereocenters. The minimum Gasteiger partial charge on any atom is -0.353 e. The first-order valence-corrected chi connectivity index (χ1v) is 12.2. The highest BCUT2D eigenvalue weighted by atomic mass is 15.2. The van der Waals surface area contributed by atoms with Crippen LogP contribution in [0.15, 0.2) is 78.2 Å². The summed E-state index contributed by atoms with van der Waals surface area (Å²) in [6.45, 7) is 10.2. The number of nitrogens with one attached hydrogen (secondary N) is 2. The van der Waals surface area contributed by atoms with Gasteiger partial charge in [0.05, 0.1) is 12.7 Å². The number of aryl methyl sites for hydroxylation is 1. The van der Waals surface area contributed by atoms with Crippen LogP contribution in [0.2, 0.25) is 0 Å². The molecule has 1 aliphatic rings. The number of fused-ring (bicyclic) bond motifs is 1. The fourth-order valence-electron chi connectivity index (χ4n) is 4.46. The first kappa shape index (κ1) is 23.6. The van der Waals surface area contributed by atoms with Gasteiger partial charge < -0.3 is 15.5 Å². The molecular weight excluding hydrogens is 420 g/mol. The number of hydrogen-bond donors (Lipinski definition) is 2. The van der Waals surface area contributed by atoms with E-state index in [-0.39, 0.29) is 0 Å². The molecule has 0 saturated carbocycles. The van der Waals surface area contributed by atoms with Gasteiger partial charge in [0.2, 0.25) is 0 Å². The number of allylic oxidation sites excluding steroid dienone is 1. The van der Waals surface area contributed by atoms with Gasteiger partial charge in [-0.1, -0.05) is 50.3 Å². The molecule has 1 aliphatic heterocycles. The third-order valence-corrected chi connectivity index (χ3v) is 6.27. The monoisotopic (exact) mass is 456 g/mol. The molecule has 1 aromatic heterocycles. The van der Waals surface area contributed by atoms with Crippen molar-refractivity contribution in [3.05, 3.63) is 78.8 Å². The number of aliphatic imine (C=N–C) groups is 1. The van der Waals surface area contributed by atoms with E-state index in [2.05, 4.69) is 89.6 Å². The van der Waals surface area contributed by atoms with E-state index < -0.39 is 0 Å². The van der Waals surface area contributed by atoms with Gasteiger partial charge >= 0.3 is 0 Å². The minimum atomic E-state index is 0.390. The van der Waals surface area contributed by atoms with Gasteiger partial charge in [-0.15, -0.1) is 0 Å². The van der Waals surface area contributed by atoms with Gasteiger partial charge in [0, 0.05) is 48.5 Å². The summed E-state index contributed by atoms with van der Waals surface area (Å²) >= 11 is 0. The normalized spacial score (nSPS) is 13.4. The summed E-state index contributed by atoms with van der Waals surface area (Å²) in [5.41, 5.74) is 6.93. The maximum absolute atomic E-state index is 4.71. The highest BCUT2D eigenvalue weighted by Gasteiger charge is 2.16. The van der Waals surface area contributed by atoms with Gasteiger partial charge in [0.1, 0.15) is 0 Å². The van der Waals surface area contributed by atoms with Crippen LogP contribution >= 0.6 is 0 Å².